The van der Waals surface area contributed by atoms with E-state index in [1.54, 1.807) is 0 Å². The standard InChI is InChI=1S/C67H126O6/c1-4-7-10-13-16-19-22-25-28-30-32-33-34-35-36-38-39-42-45-48-51-54-57-60-66(69)72-63-64(62-71-65(68)59-56-53-50-47-44-41-27-24-21-18-15-12-9-6-3)73-67(70)61-58-55-52-49-46-43-40-37-31-29-26-23-20-17-14-11-8-5-2/h24,27,30,32,64H,4-23,25-26,28-29,31,33-63H2,1-3H3/b27-24-,32-30-. The van der Waals surface area contributed by atoms with Crippen molar-refractivity contribution in [1.29, 1.82) is 0 Å². The minimum Gasteiger partial charge on any atom is -0.462 e. The summed E-state index contributed by atoms with van der Waals surface area (Å²) in [6.45, 7) is 6.69. The van der Waals surface area contributed by atoms with Crippen LogP contribution in [0.15, 0.2) is 24.3 Å². The molecule has 0 aromatic carbocycles. The van der Waals surface area contributed by atoms with E-state index in [0.29, 0.717) is 19.3 Å². The van der Waals surface area contributed by atoms with E-state index in [1.165, 1.54) is 263 Å². The molecular weight excluding hydrogens is 901 g/mol. The highest BCUT2D eigenvalue weighted by Crippen LogP contribution is 2.18. The number of hydrogen-bond donors (Lipinski definition) is 0. The summed E-state index contributed by atoms with van der Waals surface area (Å²) in [4.78, 5) is 38.3. The van der Waals surface area contributed by atoms with Crippen LogP contribution in [0.25, 0.3) is 0 Å². The van der Waals surface area contributed by atoms with Crippen molar-refractivity contribution in [2.24, 2.45) is 0 Å². The monoisotopic (exact) mass is 1030 g/mol. The molecule has 1 unspecified atom stereocenters. The fourth-order valence-electron chi connectivity index (χ4n) is 9.97. The fraction of sp³-hybridized carbons (Fsp3) is 0.896. The van der Waals surface area contributed by atoms with Crippen molar-refractivity contribution < 1.29 is 28.6 Å². The van der Waals surface area contributed by atoms with Crippen molar-refractivity contribution in [2.75, 3.05) is 13.2 Å². The summed E-state index contributed by atoms with van der Waals surface area (Å²) in [6, 6.07) is 0. The van der Waals surface area contributed by atoms with Gasteiger partial charge in [-0.1, -0.05) is 302 Å². The van der Waals surface area contributed by atoms with E-state index in [9.17, 15) is 14.4 Å². The molecule has 0 aliphatic carbocycles. The van der Waals surface area contributed by atoms with Gasteiger partial charge in [0.15, 0.2) is 6.10 Å². The average molecular weight is 1030 g/mol. The Bertz CT molecular complexity index is 1180. The molecule has 6 heteroatoms. The maximum Gasteiger partial charge on any atom is 0.306 e. The van der Waals surface area contributed by atoms with Gasteiger partial charge in [-0.25, -0.2) is 0 Å². The minimum absolute atomic E-state index is 0.0691. The third kappa shape index (κ3) is 60.6. The van der Waals surface area contributed by atoms with Crippen molar-refractivity contribution in [1.82, 2.24) is 0 Å². The summed E-state index contributed by atoms with van der Waals surface area (Å²) in [6.07, 6.45) is 74.7. The second kappa shape index (κ2) is 62.4. The summed E-state index contributed by atoms with van der Waals surface area (Å²) in [7, 11) is 0. The number of rotatable bonds is 61. The number of ether oxygens (including phenoxy) is 3. The molecule has 73 heavy (non-hydrogen) atoms. The molecule has 0 aliphatic rings. The molecule has 1 atom stereocenters. The van der Waals surface area contributed by atoms with E-state index in [2.05, 4.69) is 45.1 Å². The van der Waals surface area contributed by atoms with Gasteiger partial charge in [0.25, 0.3) is 0 Å². The lowest BCUT2D eigenvalue weighted by Gasteiger charge is -2.18. The zero-order chi connectivity index (χ0) is 52.9. The predicted molar refractivity (Wildman–Crippen MR) is 316 cm³/mol. The number of hydrogen-bond acceptors (Lipinski definition) is 6. The van der Waals surface area contributed by atoms with Crippen molar-refractivity contribution in [3.8, 4) is 0 Å². The molecular formula is C67H126O6. The molecule has 0 spiro atoms. The Morgan fingerprint density at radius 2 is 0.452 bits per heavy atom. The highest BCUT2D eigenvalue weighted by Gasteiger charge is 2.19. The number of carbonyl (C=O) groups is 3. The Hall–Kier alpha value is -2.11. The van der Waals surface area contributed by atoms with Crippen LogP contribution in [-0.4, -0.2) is 37.2 Å². The van der Waals surface area contributed by atoms with Gasteiger partial charge < -0.3 is 14.2 Å². The average Bonchev–Trinajstić information content (AvgIpc) is 3.39. The van der Waals surface area contributed by atoms with Gasteiger partial charge in [-0.05, 0) is 70.6 Å². The summed E-state index contributed by atoms with van der Waals surface area (Å²) < 4.78 is 17.0. The highest BCUT2D eigenvalue weighted by atomic mass is 16.6. The molecule has 0 heterocycles. The van der Waals surface area contributed by atoms with Gasteiger partial charge in [0.05, 0.1) is 0 Å². The normalized spacial score (nSPS) is 12.1. The summed E-state index contributed by atoms with van der Waals surface area (Å²) in [5, 5.41) is 0. The number of unbranched alkanes of at least 4 members (excludes halogenated alkanes) is 46. The van der Waals surface area contributed by atoms with Crippen LogP contribution in [0.1, 0.15) is 367 Å². The number of carbonyl (C=O) groups excluding carboxylic acids is 3. The Morgan fingerprint density at radius 1 is 0.260 bits per heavy atom. The Kier molecular flexibility index (Phi) is 60.6. The van der Waals surface area contributed by atoms with Crippen molar-refractivity contribution in [2.45, 2.75) is 374 Å². The van der Waals surface area contributed by atoms with E-state index in [4.69, 9.17) is 14.2 Å². The molecule has 0 aliphatic heterocycles. The van der Waals surface area contributed by atoms with E-state index in [-0.39, 0.29) is 31.1 Å². The van der Waals surface area contributed by atoms with Crippen LogP contribution in [0.3, 0.4) is 0 Å². The molecule has 0 radical (unpaired) electrons. The van der Waals surface area contributed by atoms with Crippen LogP contribution in [-0.2, 0) is 28.6 Å². The third-order valence-electron chi connectivity index (χ3n) is 14.9. The highest BCUT2D eigenvalue weighted by molar-refractivity contribution is 5.71. The smallest absolute Gasteiger partial charge is 0.306 e. The molecule has 0 aromatic rings. The number of esters is 3. The zero-order valence-corrected chi connectivity index (χ0v) is 49.4. The molecule has 0 fully saturated rings. The quantitative estimate of drug-likeness (QED) is 0.0261. The van der Waals surface area contributed by atoms with Crippen LogP contribution in [0.5, 0.6) is 0 Å². The maximum atomic E-state index is 12.9. The molecule has 0 amide bonds. The Morgan fingerprint density at radius 3 is 0.685 bits per heavy atom. The van der Waals surface area contributed by atoms with E-state index in [0.717, 1.165) is 64.2 Å². The summed E-state index contributed by atoms with van der Waals surface area (Å²) in [5.74, 6) is -0.851. The third-order valence-corrected chi connectivity index (χ3v) is 14.9. The zero-order valence-electron chi connectivity index (χ0n) is 49.4. The van der Waals surface area contributed by atoms with Crippen LogP contribution in [0, 0.1) is 0 Å². The van der Waals surface area contributed by atoms with Crippen molar-refractivity contribution in [3.05, 3.63) is 24.3 Å². The van der Waals surface area contributed by atoms with E-state index in [1.807, 2.05) is 0 Å². The van der Waals surface area contributed by atoms with Crippen LogP contribution >= 0.6 is 0 Å². The number of allylic oxidation sites excluding steroid dienone is 4. The first-order valence-electron chi connectivity index (χ1n) is 32.8. The van der Waals surface area contributed by atoms with Gasteiger partial charge in [-0.3, -0.25) is 14.4 Å². The molecule has 0 rings (SSSR count). The molecule has 0 saturated carbocycles. The van der Waals surface area contributed by atoms with E-state index < -0.39 is 6.10 Å². The molecule has 0 N–H and O–H groups in total. The molecule has 0 aromatic heterocycles. The molecule has 0 saturated heterocycles. The lowest BCUT2D eigenvalue weighted by atomic mass is 10.0. The fourth-order valence-corrected chi connectivity index (χ4v) is 9.97. The van der Waals surface area contributed by atoms with Crippen molar-refractivity contribution >= 4 is 17.9 Å². The first kappa shape index (κ1) is 70.9. The topological polar surface area (TPSA) is 78.9 Å². The first-order valence-corrected chi connectivity index (χ1v) is 32.8. The van der Waals surface area contributed by atoms with Gasteiger partial charge in [0.2, 0.25) is 0 Å². The maximum absolute atomic E-state index is 12.9. The van der Waals surface area contributed by atoms with Crippen LogP contribution in [0.4, 0.5) is 0 Å². The van der Waals surface area contributed by atoms with Crippen LogP contribution < -0.4 is 0 Å². The van der Waals surface area contributed by atoms with E-state index >= 15 is 0 Å². The molecule has 0 bridgehead atoms. The minimum atomic E-state index is -0.772. The second-order valence-electron chi connectivity index (χ2n) is 22.4. The lowest BCUT2D eigenvalue weighted by Crippen LogP contribution is -2.30. The van der Waals surface area contributed by atoms with Gasteiger partial charge in [0.1, 0.15) is 13.2 Å². The van der Waals surface area contributed by atoms with Crippen molar-refractivity contribution in [3.63, 3.8) is 0 Å². The van der Waals surface area contributed by atoms with Gasteiger partial charge in [-0.2, -0.15) is 0 Å². The Labute approximate surface area is 455 Å². The molecule has 6 nitrogen and oxygen atoms in total. The SMILES string of the molecule is CCCCCCC/C=C\CCCCCCCC(=O)OCC(COC(=O)CCCCCCCCCCCCC/C=C\CCCCCCCCCC)OC(=O)CCCCCCCCCCCCCCCCCCCC. The summed E-state index contributed by atoms with van der Waals surface area (Å²) in [5.41, 5.74) is 0. The largest absolute Gasteiger partial charge is 0.462 e. The molecule has 430 valence electrons. The van der Waals surface area contributed by atoms with Gasteiger partial charge >= 0.3 is 17.9 Å². The second-order valence-corrected chi connectivity index (χ2v) is 22.4. The van der Waals surface area contributed by atoms with Gasteiger partial charge in [-0.15, -0.1) is 0 Å². The first-order chi connectivity index (χ1) is 36.0. The predicted octanol–water partition coefficient (Wildman–Crippen LogP) is 22.2. The van der Waals surface area contributed by atoms with Crippen LogP contribution in [0.2, 0.25) is 0 Å². The Balaban J connectivity index is 4.27. The van der Waals surface area contributed by atoms with Gasteiger partial charge in [0, 0.05) is 19.3 Å². The lowest BCUT2D eigenvalue weighted by molar-refractivity contribution is -0.167. The summed E-state index contributed by atoms with van der Waals surface area (Å²) >= 11 is 0.